The maximum atomic E-state index is 13.2. The molecule has 4 heteroatoms. The van der Waals surface area contributed by atoms with Gasteiger partial charge in [-0.2, -0.15) is 0 Å². The number of rotatable bonds is 3. The molecule has 0 aliphatic rings. The summed E-state index contributed by atoms with van der Waals surface area (Å²) < 4.78 is 18.5. The summed E-state index contributed by atoms with van der Waals surface area (Å²) in [5.74, 6) is 6.15. The maximum Gasteiger partial charge on any atom is 0.126 e. The van der Waals surface area contributed by atoms with Crippen LogP contribution in [0.2, 0.25) is 0 Å². The van der Waals surface area contributed by atoms with E-state index in [1.807, 2.05) is 13.0 Å². The van der Waals surface area contributed by atoms with Crippen molar-refractivity contribution in [3.05, 3.63) is 58.8 Å². The Balaban J connectivity index is 2.42. The molecule has 90 valence electrons. The summed E-state index contributed by atoms with van der Waals surface area (Å²) >= 11 is 0. The van der Waals surface area contributed by atoms with Gasteiger partial charge in [0.05, 0.1) is 12.3 Å². The first-order chi connectivity index (χ1) is 8.13. The van der Waals surface area contributed by atoms with E-state index in [9.17, 15) is 4.39 Å². The number of aryl methyl sites for hydroxylation is 2. The Labute approximate surface area is 99.4 Å². The summed E-state index contributed by atoms with van der Waals surface area (Å²) in [6.45, 7) is 3.60. The molecule has 0 radical (unpaired) electrons. The van der Waals surface area contributed by atoms with Gasteiger partial charge >= 0.3 is 0 Å². The molecular formula is C13H15FN2O. The van der Waals surface area contributed by atoms with Crippen LogP contribution in [0, 0.1) is 19.7 Å². The zero-order valence-corrected chi connectivity index (χ0v) is 9.83. The Morgan fingerprint density at radius 2 is 2.06 bits per heavy atom. The van der Waals surface area contributed by atoms with E-state index in [0.29, 0.717) is 5.56 Å². The minimum absolute atomic E-state index is 0.187. The molecule has 0 amide bonds. The van der Waals surface area contributed by atoms with Gasteiger partial charge in [0.1, 0.15) is 11.6 Å². The van der Waals surface area contributed by atoms with Gasteiger partial charge in [0.2, 0.25) is 0 Å². The van der Waals surface area contributed by atoms with Crippen LogP contribution in [0.1, 0.15) is 28.5 Å². The molecule has 1 unspecified atom stereocenters. The lowest BCUT2D eigenvalue weighted by Gasteiger charge is -2.16. The lowest BCUT2D eigenvalue weighted by Crippen LogP contribution is -2.29. The second-order valence-electron chi connectivity index (χ2n) is 4.04. The van der Waals surface area contributed by atoms with E-state index in [1.54, 1.807) is 25.3 Å². The summed E-state index contributed by atoms with van der Waals surface area (Å²) in [5, 5.41) is 0. The molecule has 0 fully saturated rings. The third kappa shape index (κ3) is 2.23. The number of furan rings is 1. The summed E-state index contributed by atoms with van der Waals surface area (Å²) in [6.07, 6.45) is 1.62. The normalized spacial score (nSPS) is 12.7. The number of hydrogen-bond acceptors (Lipinski definition) is 3. The highest BCUT2D eigenvalue weighted by molar-refractivity contribution is 5.35. The quantitative estimate of drug-likeness (QED) is 0.634. The van der Waals surface area contributed by atoms with Gasteiger partial charge in [-0.3, -0.25) is 5.84 Å². The van der Waals surface area contributed by atoms with Gasteiger partial charge < -0.3 is 4.42 Å². The van der Waals surface area contributed by atoms with E-state index < -0.39 is 0 Å². The summed E-state index contributed by atoms with van der Waals surface area (Å²) in [4.78, 5) is 0. The molecule has 0 aliphatic heterocycles. The molecular weight excluding hydrogens is 219 g/mol. The molecule has 1 aromatic carbocycles. The molecule has 0 bridgehead atoms. The summed E-state index contributed by atoms with van der Waals surface area (Å²) in [5.41, 5.74) is 5.20. The van der Waals surface area contributed by atoms with Gasteiger partial charge in [-0.25, -0.2) is 9.82 Å². The zero-order chi connectivity index (χ0) is 12.4. The molecule has 2 rings (SSSR count). The topological polar surface area (TPSA) is 51.2 Å². The lowest BCUT2D eigenvalue weighted by molar-refractivity contribution is 0.519. The molecule has 0 spiro atoms. The van der Waals surface area contributed by atoms with Crippen molar-refractivity contribution in [3.8, 4) is 0 Å². The van der Waals surface area contributed by atoms with Gasteiger partial charge in [0.15, 0.2) is 0 Å². The number of benzene rings is 1. The van der Waals surface area contributed by atoms with Crippen molar-refractivity contribution in [3.63, 3.8) is 0 Å². The Bertz CT molecular complexity index is 522. The van der Waals surface area contributed by atoms with Crippen LogP contribution in [0.4, 0.5) is 4.39 Å². The predicted octanol–water partition coefficient (Wildman–Crippen LogP) is 2.59. The van der Waals surface area contributed by atoms with Gasteiger partial charge in [0.25, 0.3) is 0 Å². The van der Waals surface area contributed by atoms with Gasteiger partial charge in [-0.1, -0.05) is 12.1 Å². The number of nitrogens with one attached hydrogen (secondary N) is 1. The average molecular weight is 234 g/mol. The fourth-order valence-corrected chi connectivity index (χ4v) is 1.91. The number of hydrazine groups is 1. The fourth-order valence-electron chi connectivity index (χ4n) is 1.91. The molecule has 3 N–H and O–H groups in total. The summed E-state index contributed by atoms with van der Waals surface area (Å²) in [7, 11) is 0. The molecule has 3 nitrogen and oxygen atoms in total. The van der Waals surface area contributed by atoms with Crippen molar-refractivity contribution < 1.29 is 8.81 Å². The molecule has 0 saturated carbocycles. The molecule has 0 saturated heterocycles. The van der Waals surface area contributed by atoms with Gasteiger partial charge in [-0.15, -0.1) is 0 Å². The maximum absolute atomic E-state index is 13.2. The smallest absolute Gasteiger partial charge is 0.126 e. The predicted molar refractivity (Wildman–Crippen MR) is 63.7 cm³/mol. The molecule has 0 aliphatic carbocycles. The van der Waals surface area contributed by atoms with Crippen molar-refractivity contribution in [1.29, 1.82) is 0 Å². The highest BCUT2D eigenvalue weighted by Crippen LogP contribution is 2.26. The number of nitrogens with two attached hydrogens (primary N) is 1. The van der Waals surface area contributed by atoms with E-state index >= 15 is 0 Å². The van der Waals surface area contributed by atoms with E-state index in [-0.39, 0.29) is 11.9 Å². The first-order valence-electron chi connectivity index (χ1n) is 5.39. The third-order valence-corrected chi connectivity index (χ3v) is 2.89. The van der Waals surface area contributed by atoms with E-state index in [2.05, 4.69) is 5.43 Å². The zero-order valence-electron chi connectivity index (χ0n) is 9.83. The third-order valence-electron chi connectivity index (χ3n) is 2.89. The van der Waals surface area contributed by atoms with Crippen LogP contribution in [0.25, 0.3) is 0 Å². The number of halogens is 1. The summed E-state index contributed by atoms with van der Waals surface area (Å²) in [6, 6.07) is 6.63. The second-order valence-corrected chi connectivity index (χ2v) is 4.04. The molecule has 2 aromatic rings. The minimum atomic E-state index is -0.214. The van der Waals surface area contributed by atoms with Crippen molar-refractivity contribution in [1.82, 2.24) is 5.43 Å². The first-order valence-corrected chi connectivity index (χ1v) is 5.39. The molecule has 17 heavy (non-hydrogen) atoms. The Hall–Kier alpha value is -1.65. The number of hydrogen-bond donors (Lipinski definition) is 2. The highest BCUT2D eigenvalue weighted by atomic mass is 19.1. The van der Waals surface area contributed by atoms with Gasteiger partial charge in [-0.05, 0) is 37.1 Å². The molecule has 1 atom stereocenters. The van der Waals surface area contributed by atoms with Crippen molar-refractivity contribution >= 4 is 0 Å². The largest absolute Gasteiger partial charge is 0.469 e. The molecule has 1 heterocycles. The first kappa shape index (κ1) is 11.8. The average Bonchev–Trinajstić information content (AvgIpc) is 2.71. The van der Waals surface area contributed by atoms with E-state index in [1.165, 1.54) is 6.07 Å². The Kier molecular flexibility index (Phi) is 3.26. The van der Waals surface area contributed by atoms with Crippen molar-refractivity contribution in [2.24, 2.45) is 5.84 Å². The molecule has 1 aromatic heterocycles. The Morgan fingerprint density at radius 1 is 1.29 bits per heavy atom. The van der Waals surface area contributed by atoms with Crippen LogP contribution in [0.15, 0.2) is 34.9 Å². The van der Waals surface area contributed by atoms with Crippen LogP contribution < -0.4 is 11.3 Å². The van der Waals surface area contributed by atoms with Crippen LogP contribution >= 0.6 is 0 Å². The standard InChI is InChI=1S/C13H15FN2O/c1-8-7-10(3-4-12(8)14)13(16-15)11-5-6-17-9(11)2/h3-7,13,16H,15H2,1-2H3. The SMILES string of the molecule is Cc1cc(C(NN)c2ccoc2C)ccc1F. The van der Waals surface area contributed by atoms with Crippen LogP contribution in [0.5, 0.6) is 0 Å². The van der Waals surface area contributed by atoms with E-state index in [0.717, 1.165) is 16.9 Å². The Morgan fingerprint density at radius 3 is 2.59 bits per heavy atom. The second kappa shape index (κ2) is 4.69. The van der Waals surface area contributed by atoms with Crippen molar-refractivity contribution in [2.75, 3.05) is 0 Å². The van der Waals surface area contributed by atoms with Crippen LogP contribution in [-0.2, 0) is 0 Å². The van der Waals surface area contributed by atoms with Crippen molar-refractivity contribution in [2.45, 2.75) is 19.9 Å². The minimum Gasteiger partial charge on any atom is -0.469 e. The monoisotopic (exact) mass is 234 g/mol. The van der Waals surface area contributed by atoms with E-state index in [4.69, 9.17) is 10.3 Å². The fraction of sp³-hybridized carbons (Fsp3) is 0.231. The highest BCUT2D eigenvalue weighted by Gasteiger charge is 2.17. The lowest BCUT2D eigenvalue weighted by atomic mass is 9.98. The van der Waals surface area contributed by atoms with Gasteiger partial charge in [0, 0.05) is 5.56 Å². The van der Waals surface area contributed by atoms with Crippen LogP contribution in [-0.4, -0.2) is 0 Å². The van der Waals surface area contributed by atoms with Crippen LogP contribution in [0.3, 0.4) is 0 Å².